The van der Waals surface area contributed by atoms with E-state index in [1.165, 1.54) is 0 Å². The maximum absolute atomic E-state index is 12.8. The van der Waals surface area contributed by atoms with Crippen molar-refractivity contribution in [1.82, 2.24) is 19.7 Å². The van der Waals surface area contributed by atoms with E-state index in [-0.39, 0.29) is 18.5 Å². The van der Waals surface area contributed by atoms with Crippen LogP contribution in [0.3, 0.4) is 0 Å². The van der Waals surface area contributed by atoms with E-state index in [9.17, 15) is 9.59 Å². The Morgan fingerprint density at radius 1 is 1.03 bits per heavy atom. The average molecular weight is 484 g/mol. The van der Waals surface area contributed by atoms with E-state index in [0.717, 1.165) is 47.7 Å². The molecular formula is C26H37N5O4. The summed E-state index contributed by atoms with van der Waals surface area (Å²) in [6.07, 6.45) is 8.23. The van der Waals surface area contributed by atoms with E-state index >= 15 is 0 Å². The highest BCUT2D eigenvalue weighted by Crippen LogP contribution is 2.45. The van der Waals surface area contributed by atoms with E-state index in [4.69, 9.17) is 14.6 Å². The van der Waals surface area contributed by atoms with Crippen LogP contribution in [0.25, 0.3) is 0 Å². The van der Waals surface area contributed by atoms with Crippen LogP contribution in [0.5, 0.6) is 0 Å². The summed E-state index contributed by atoms with van der Waals surface area (Å²) >= 11 is 0. The molecule has 2 aromatic rings. The lowest BCUT2D eigenvalue weighted by molar-refractivity contribution is -0.00641. The van der Waals surface area contributed by atoms with Crippen molar-refractivity contribution in [2.24, 2.45) is 5.92 Å². The molecule has 2 aliphatic rings. The average Bonchev–Trinajstić information content (AvgIpc) is 3.46. The molecule has 0 aliphatic heterocycles. The molecule has 1 N–H and O–H groups in total. The lowest BCUT2D eigenvalue weighted by Crippen LogP contribution is -2.47. The zero-order valence-corrected chi connectivity index (χ0v) is 21.6. The fourth-order valence-corrected chi connectivity index (χ4v) is 4.12. The SMILES string of the molecule is CC(C)(C)OC(=O)N(CC1CC(n2cc(Nc3ccncc3)c(C3CC3)n2)C1)C(=O)OC(C)(C)C. The molecule has 0 spiro atoms. The quantitative estimate of drug-likeness (QED) is 0.536. The molecular weight excluding hydrogens is 446 g/mol. The van der Waals surface area contributed by atoms with Crippen LogP contribution in [0.1, 0.15) is 84.9 Å². The third kappa shape index (κ3) is 6.74. The number of hydrogen-bond donors (Lipinski definition) is 1. The van der Waals surface area contributed by atoms with Crippen molar-refractivity contribution in [1.29, 1.82) is 0 Å². The monoisotopic (exact) mass is 483 g/mol. The first-order chi connectivity index (χ1) is 16.4. The fourth-order valence-electron chi connectivity index (χ4n) is 4.12. The molecule has 0 atom stereocenters. The fraction of sp³-hybridized carbons (Fsp3) is 0.615. The van der Waals surface area contributed by atoms with E-state index in [1.54, 1.807) is 53.9 Å². The van der Waals surface area contributed by atoms with E-state index < -0.39 is 23.4 Å². The second-order valence-corrected chi connectivity index (χ2v) is 11.6. The largest absolute Gasteiger partial charge is 0.443 e. The van der Waals surface area contributed by atoms with Crippen molar-refractivity contribution in [3.63, 3.8) is 0 Å². The van der Waals surface area contributed by atoms with E-state index in [2.05, 4.69) is 16.5 Å². The smallest absolute Gasteiger partial charge is 0.419 e. The summed E-state index contributed by atoms with van der Waals surface area (Å²) in [5, 5.41) is 8.39. The topological polar surface area (TPSA) is 98.6 Å². The van der Waals surface area contributed by atoms with Crippen molar-refractivity contribution in [2.75, 3.05) is 11.9 Å². The van der Waals surface area contributed by atoms with Crippen molar-refractivity contribution < 1.29 is 19.1 Å². The molecule has 2 aromatic heterocycles. The lowest BCUT2D eigenvalue weighted by atomic mass is 9.80. The van der Waals surface area contributed by atoms with Gasteiger partial charge in [-0.15, -0.1) is 0 Å². The molecule has 4 rings (SSSR count). The Morgan fingerprint density at radius 3 is 2.11 bits per heavy atom. The van der Waals surface area contributed by atoms with Crippen molar-refractivity contribution in [3.05, 3.63) is 36.4 Å². The number of pyridine rings is 1. The molecule has 9 nitrogen and oxygen atoms in total. The van der Waals surface area contributed by atoms with Crippen LogP contribution in [-0.2, 0) is 9.47 Å². The van der Waals surface area contributed by atoms with E-state index in [0.29, 0.717) is 5.92 Å². The van der Waals surface area contributed by atoms with Gasteiger partial charge in [0.1, 0.15) is 11.2 Å². The Hall–Kier alpha value is -3.10. The van der Waals surface area contributed by atoms with Crippen LogP contribution in [0.2, 0.25) is 0 Å². The summed E-state index contributed by atoms with van der Waals surface area (Å²) in [4.78, 5) is 30.8. The number of amides is 2. The number of ether oxygens (including phenoxy) is 2. The molecule has 0 radical (unpaired) electrons. The van der Waals surface area contributed by atoms with Gasteiger partial charge in [0.15, 0.2) is 0 Å². The number of nitrogens with zero attached hydrogens (tertiary/aromatic N) is 4. The predicted octanol–water partition coefficient (Wildman–Crippen LogP) is 6.02. The minimum absolute atomic E-state index is 0.158. The summed E-state index contributed by atoms with van der Waals surface area (Å²) in [7, 11) is 0. The number of rotatable bonds is 6. The molecule has 0 bridgehead atoms. The molecule has 2 amide bonds. The van der Waals surface area contributed by atoms with Gasteiger partial charge in [0.05, 0.1) is 17.4 Å². The summed E-state index contributed by atoms with van der Waals surface area (Å²) < 4.78 is 13.0. The van der Waals surface area contributed by atoms with Gasteiger partial charge in [-0.05, 0) is 85.3 Å². The van der Waals surface area contributed by atoms with Gasteiger partial charge in [-0.25, -0.2) is 14.5 Å². The number of imide groups is 1. The first-order valence-electron chi connectivity index (χ1n) is 12.4. The molecule has 0 saturated heterocycles. The molecule has 0 aromatic carbocycles. The third-order valence-electron chi connectivity index (χ3n) is 5.94. The van der Waals surface area contributed by atoms with E-state index in [1.807, 2.05) is 16.8 Å². The first-order valence-corrected chi connectivity index (χ1v) is 12.4. The Morgan fingerprint density at radius 2 is 1.60 bits per heavy atom. The highest BCUT2D eigenvalue weighted by molar-refractivity contribution is 5.88. The van der Waals surface area contributed by atoms with Crippen molar-refractivity contribution in [2.45, 2.75) is 90.4 Å². The van der Waals surface area contributed by atoms with Gasteiger partial charge >= 0.3 is 12.2 Å². The second kappa shape index (κ2) is 9.51. The number of carbonyl (C=O) groups excluding carboxylic acids is 2. The van der Waals surface area contributed by atoms with Crippen LogP contribution in [-0.4, -0.2) is 49.6 Å². The Kier molecular flexibility index (Phi) is 6.79. The highest BCUT2D eigenvalue weighted by atomic mass is 16.6. The molecule has 35 heavy (non-hydrogen) atoms. The van der Waals surface area contributed by atoms with Crippen LogP contribution in [0, 0.1) is 5.92 Å². The standard InChI is InChI=1S/C26H37N5O4/c1-25(2,3)34-23(32)30(24(33)35-26(4,5)6)15-17-13-20(14-17)31-16-21(22(29-31)18-7-8-18)28-19-9-11-27-12-10-19/h9-12,16-18,20H,7-8,13-15H2,1-6H3,(H,27,28). The highest BCUT2D eigenvalue weighted by Gasteiger charge is 2.39. The summed E-state index contributed by atoms with van der Waals surface area (Å²) in [6.45, 7) is 11.0. The van der Waals surface area contributed by atoms with Gasteiger partial charge in [0.25, 0.3) is 0 Å². The number of anilines is 2. The van der Waals surface area contributed by atoms with Crippen molar-refractivity contribution >= 4 is 23.6 Å². The van der Waals surface area contributed by atoms with Gasteiger partial charge in [0, 0.05) is 36.7 Å². The van der Waals surface area contributed by atoms with Crippen LogP contribution in [0.15, 0.2) is 30.7 Å². The maximum atomic E-state index is 12.8. The molecule has 2 fully saturated rings. The predicted molar refractivity (Wildman–Crippen MR) is 133 cm³/mol. The lowest BCUT2D eigenvalue weighted by Gasteiger charge is -2.38. The van der Waals surface area contributed by atoms with Gasteiger partial charge in [-0.1, -0.05) is 0 Å². The molecule has 190 valence electrons. The van der Waals surface area contributed by atoms with Crippen LogP contribution < -0.4 is 5.32 Å². The summed E-state index contributed by atoms with van der Waals surface area (Å²) in [5.41, 5.74) is 1.72. The summed E-state index contributed by atoms with van der Waals surface area (Å²) in [5.74, 6) is 0.663. The Balaban J connectivity index is 1.41. The maximum Gasteiger partial charge on any atom is 0.419 e. The summed E-state index contributed by atoms with van der Waals surface area (Å²) in [6, 6.07) is 4.11. The Bertz CT molecular complexity index is 1020. The van der Waals surface area contributed by atoms with Gasteiger partial charge in [0.2, 0.25) is 0 Å². The molecule has 2 heterocycles. The third-order valence-corrected chi connectivity index (χ3v) is 5.94. The second-order valence-electron chi connectivity index (χ2n) is 11.6. The number of aromatic nitrogens is 3. The number of nitrogens with one attached hydrogen (secondary N) is 1. The molecule has 2 aliphatic carbocycles. The van der Waals surface area contributed by atoms with Gasteiger partial charge in [-0.3, -0.25) is 9.67 Å². The van der Waals surface area contributed by atoms with Crippen LogP contribution in [0.4, 0.5) is 21.0 Å². The molecule has 2 saturated carbocycles. The van der Waals surface area contributed by atoms with Gasteiger partial charge in [-0.2, -0.15) is 5.10 Å². The van der Waals surface area contributed by atoms with Crippen LogP contribution >= 0.6 is 0 Å². The normalized spacial score (nSPS) is 20.1. The van der Waals surface area contributed by atoms with Gasteiger partial charge < -0.3 is 14.8 Å². The minimum atomic E-state index is -0.702. The number of hydrogen-bond acceptors (Lipinski definition) is 7. The zero-order chi connectivity index (χ0) is 25.4. The van der Waals surface area contributed by atoms with Crippen molar-refractivity contribution in [3.8, 4) is 0 Å². The first kappa shape index (κ1) is 25.0. The number of carbonyl (C=O) groups is 2. The zero-order valence-electron chi connectivity index (χ0n) is 21.6. The molecule has 0 unspecified atom stereocenters. The minimum Gasteiger partial charge on any atom is -0.443 e. The molecule has 9 heteroatoms. The Labute approximate surface area is 207 Å².